The van der Waals surface area contributed by atoms with E-state index in [1.54, 1.807) is 0 Å². The molecule has 0 heterocycles. The summed E-state index contributed by atoms with van der Waals surface area (Å²) < 4.78 is 0.322. The van der Waals surface area contributed by atoms with E-state index >= 15 is 0 Å². The van der Waals surface area contributed by atoms with Crippen LogP contribution < -0.4 is 0 Å². The van der Waals surface area contributed by atoms with Crippen LogP contribution in [0.5, 0.6) is 0 Å². The number of hydrogen-bond acceptors (Lipinski definition) is 0. The van der Waals surface area contributed by atoms with Crippen LogP contribution in [-0.2, 0) is 17.4 Å². The topological polar surface area (TPSA) is 0 Å². The SMILES string of the molecule is CCCC[C]1([V])C=CC=C1C.Cl.Cl.Cl. The quantitative estimate of drug-likeness (QED) is 0.710. The monoisotopic (exact) mass is 294 g/mol. The minimum atomic E-state index is 0. The molecule has 4 heteroatoms. The first kappa shape index (κ1) is 20.4. The van der Waals surface area contributed by atoms with E-state index < -0.39 is 0 Å². The van der Waals surface area contributed by atoms with Crippen LogP contribution in [-0.4, -0.2) is 0 Å². The van der Waals surface area contributed by atoms with Gasteiger partial charge in [0, 0.05) is 0 Å². The second-order valence-corrected chi connectivity index (χ2v) is 4.48. The first-order valence-electron chi connectivity index (χ1n) is 4.28. The molecule has 0 bridgehead atoms. The molecule has 1 rings (SSSR count). The maximum absolute atomic E-state index is 2.81. The Kier molecular flexibility index (Phi) is 13.4. The van der Waals surface area contributed by atoms with E-state index in [4.69, 9.17) is 0 Å². The molecular weight excluding hydrogens is 277 g/mol. The standard InChI is InChI=1S/C10H15.3ClH.V/c1-3-4-7-10-8-5-6-9(10)2;;;;/h5-6,8H,3-4,7H2,1-2H3;3*1H;. The molecule has 0 fully saturated rings. The molecule has 0 N–H and O–H groups in total. The van der Waals surface area contributed by atoms with Crippen LogP contribution in [0.3, 0.4) is 0 Å². The molecule has 14 heavy (non-hydrogen) atoms. The number of rotatable bonds is 3. The van der Waals surface area contributed by atoms with Gasteiger partial charge >= 0.3 is 78.5 Å². The smallest absolute Gasteiger partial charge is 0.147 e. The van der Waals surface area contributed by atoms with Crippen LogP contribution in [0.15, 0.2) is 23.8 Å². The van der Waals surface area contributed by atoms with E-state index in [0.717, 1.165) is 0 Å². The molecule has 0 saturated heterocycles. The zero-order valence-electron chi connectivity index (χ0n) is 8.53. The third-order valence-electron chi connectivity index (χ3n) is 2.31. The molecule has 0 nitrogen and oxygen atoms in total. The Bertz CT molecular complexity index is 202. The van der Waals surface area contributed by atoms with E-state index in [-0.39, 0.29) is 37.2 Å². The molecule has 84 valence electrons. The summed E-state index contributed by atoms with van der Waals surface area (Å²) in [4.78, 5) is 0. The molecule has 1 unspecified atom stereocenters. The second-order valence-electron chi connectivity index (χ2n) is 3.24. The number of hydrogen-bond donors (Lipinski definition) is 0. The third kappa shape index (κ3) is 5.14. The van der Waals surface area contributed by atoms with Gasteiger partial charge in [0.05, 0.1) is 0 Å². The number of halogens is 3. The van der Waals surface area contributed by atoms with Crippen LogP contribution in [0.1, 0.15) is 33.1 Å². The Morgan fingerprint density at radius 1 is 1.29 bits per heavy atom. The van der Waals surface area contributed by atoms with Crippen molar-refractivity contribution >= 4 is 37.2 Å². The molecule has 1 aliphatic rings. The zero-order valence-corrected chi connectivity index (χ0v) is 12.4. The molecule has 0 radical (unpaired) electrons. The molecule has 0 amide bonds. The van der Waals surface area contributed by atoms with Gasteiger partial charge in [-0.1, -0.05) is 0 Å². The molecule has 0 spiro atoms. The summed E-state index contributed by atoms with van der Waals surface area (Å²) >= 11 is 2.81. The van der Waals surface area contributed by atoms with Crippen molar-refractivity contribution in [1.82, 2.24) is 0 Å². The van der Waals surface area contributed by atoms with E-state index in [1.807, 2.05) is 0 Å². The zero-order chi connectivity index (χ0) is 8.32. The number of unbranched alkanes of at least 4 members (excludes halogenated alkanes) is 1. The third-order valence-corrected chi connectivity index (χ3v) is 3.45. The van der Waals surface area contributed by atoms with Gasteiger partial charge in [-0.25, -0.2) is 0 Å². The van der Waals surface area contributed by atoms with Crippen molar-refractivity contribution in [2.24, 2.45) is 0 Å². The minimum absolute atomic E-state index is 0. The predicted octanol–water partition coefficient (Wildman–Crippen LogP) is 4.66. The maximum Gasteiger partial charge on any atom is -0.147 e. The van der Waals surface area contributed by atoms with E-state index in [9.17, 15) is 0 Å². The van der Waals surface area contributed by atoms with Crippen LogP contribution in [0.4, 0.5) is 0 Å². The first-order chi connectivity index (χ1) is 5.19. The molecular formula is C10H18Cl3V. The fourth-order valence-electron chi connectivity index (χ4n) is 1.35. The fourth-order valence-corrected chi connectivity index (χ4v) is 1.85. The van der Waals surface area contributed by atoms with Gasteiger partial charge in [-0.05, 0) is 0 Å². The van der Waals surface area contributed by atoms with Crippen molar-refractivity contribution in [3.05, 3.63) is 23.8 Å². The van der Waals surface area contributed by atoms with Crippen molar-refractivity contribution in [1.29, 1.82) is 0 Å². The van der Waals surface area contributed by atoms with Crippen molar-refractivity contribution in [2.75, 3.05) is 0 Å². The fraction of sp³-hybridized carbons (Fsp3) is 0.600. The van der Waals surface area contributed by atoms with Gasteiger partial charge in [0.25, 0.3) is 0 Å². The van der Waals surface area contributed by atoms with Crippen LogP contribution in [0, 0.1) is 0 Å². The predicted molar refractivity (Wildman–Crippen MR) is 66.9 cm³/mol. The maximum atomic E-state index is 2.81. The summed E-state index contributed by atoms with van der Waals surface area (Å²) in [5.41, 5.74) is 1.49. The summed E-state index contributed by atoms with van der Waals surface area (Å²) in [5, 5.41) is 0. The van der Waals surface area contributed by atoms with Gasteiger partial charge in [-0.2, -0.15) is 0 Å². The van der Waals surface area contributed by atoms with Crippen LogP contribution >= 0.6 is 37.2 Å². The van der Waals surface area contributed by atoms with Crippen molar-refractivity contribution in [3.8, 4) is 0 Å². The van der Waals surface area contributed by atoms with Gasteiger partial charge in [0.15, 0.2) is 0 Å². The summed E-state index contributed by atoms with van der Waals surface area (Å²) in [6, 6.07) is 0. The normalized spacial score (nSPS) is 22.9. The Morgan fingerprint density at radius 3 is 2.21 bits per heavy atom. The van der Waals surface area contributed by atoms with Crippen molar-refractivity contribution < 1.29 is 17.4 Å². The van der Waals surface area contributed by atoms with Gasteiger partial charge in [0.2, 0.25) is 0 Å². The average molecular weight is 296 g/mol. The summed E-state index contributed by atoms with van der Waals surface area (Å²) in [6.07, 6.45) is 10.6. The number of allylic oxidation sites excluding steroid dienone is 4. The summed E-state index contributed by atoms with van der Waals surface area (Å²) in [5.74, 6) is 0. The van der Waals surface area contributed by atoms with E-state index in [2.05, 4.69) is 49.5 Å². The molecule has 0 aromatic heterocycles. The Balaban J connectivity index is -0.000000403. The Morgan fingerprint density at radius 2 is 1.86 bits per heavy atom. The minimum Gasteiger partial charge on any atom is -0.147 e. The van der Waals surface area contributed by atoms with Gasteiger partial charge in [0.1, 0.15) is 0 Å². The molecule has 0 aliphatic heterocycles. The Labute approximate surface area is 115 Å². The van der Waals surface area contributed by atoms with Crippen LogP contribution in [0.2, 0.25) is 4.13 Å². The van der Waals surface area contributed by atoms with Gasteiger partial charge in [-0.15, -0.1) is 37.2 Å². The van der Waals surface area contributed by atoms with Crippen LogP contribution in [0.25, 0.3) is 0 Å². The Hall–Kier alpha value is 0.934. The van der Waals surface area contributed by atoms with E-state index in [0.29, 0.717) is 4.13 Å². The van der Waals surface area contributed by atoms with Gasteiger partial charge < -0.3 is 0 Å². The first-order valence-corrected chi connectivity index (χ1v) is 4.98. The molecule has 0 saturated carbocycles. The molecule has 0 aromatic rings. The molecule has 1 atom stereocenters. The molecule has 0 aromatic carbocycles. The second kappa shape index (κ2) is 9.18. The van der Waals surface area contributed by atoms with Crippen molar-refractivity contribution in [2.45, 2.75) is 37.2 Å². The van der Waals surface area contributed by atoms with Gasteiger partial charge in [-0.3, -0.25) is 0 Å². The largest absolute Gasteiger partial charge is 0.147 e. The summed E-state index contributed by atoms with van der Waals surface area (Å²) in [7, 11) is 0. The summed E-state index contributed by atoms with van der Waals surface area (Å²) in [6.45, 7) is 4.46. The van der Waals surface area contributed by atoms with Crippen molar-refractivity contribution in [3.63, 3.8) is 0 Å². The average Bonchev–Trinajstić information content (AvgIpc) is 2.30. The molecule has 1 aliphatic carbocycles. The van der Waals surface area contributed by atoms with E-state index in [1.165, 1.54) is 24.8 Å².